The maximum atomic E-state index is 13.5. The first-order valence-electron chi connectivity index (χ1n) is 6.31. The highest BCUT2D eigenvalue weighted by Crippen LogP contribution is 2.20. The van der Waals surface area contributed by atoms with E-state index in [4.69, 9.17) is 9.47 Å². The number of nitrogens with zero attached hydrogens (tertiary/aromatic N) is 1. The van der Waals surface area contributed by atoms with Gasteiger partial charge >= 0.3 is 0 Å². The van der Waals surface area contributed by atoms with E-state index in [0.717, 1.165) is 18.4 Å². The molecule has 2 rings (SSSR count). The Morgan fingerprint density at radius 3 is 2.95 bits per heavy atom. The molecule has 1 atom stereocenters. The first-order valence-corrected chi connectivity index (χ1v) is 6.31. The van der Waals surface area contributed by atoms with Crippen LogP contribution in [-0.2, 0) is 16.1 Å². The Hall–Kier alpha value is -1.62. The molecule has 1 heterocycles. The first kappa shape index (κ1) is 13.8. The lowest BCUT2D eigenvalue weighted by atomic mass is 10.1. The summed E-state index contributed by atoms with van der Waals surface area (Å²) in [4.78, 5) is 13.6. The van der Waals surface area contributed by atoms with Crippen molar-refractivity contribution in [3.8, 4) is 5.75 Å². The molecule has 0 N–H and O–H groups in total. The van der Waals surface area contributed by atoms with Crippen LogP contribution in [0, 0.1) is 5.82 Å². The summed E-state index contributed by atoms with van der Waals surface area (Å²) in [5.74, 6) is -0.261. The van der Waals surface area contributed by atoms with Crippen molar-refractivity contribution in [3.63, 3.8) is 0 Å². The van der Waals surface area contributed by atoms with Crippen LogP contribution < -0.4 is 4.74 Å². The number of amides is 1. The molecule has 1 aromatic rings. The largest absolute Gasteiger partial charge is 0.494 e. The summed E-state index contributed by atoms with van der Waals surface area (Å²) in [7, 11) is 3.12. The van der Waals surface area contributed by atoms with E-state index in [1.54, 1.807) is 24.1 Å². The molecular formula is C14H18FNO3. The maximum Gasteiger partial charge on any atom is 0.251 e. The second-order valence-corrected chi connectivity index (χ2v) is 4.66. The lowest BCUT2D eigenvalue weighted by Crippen LogP contribution is -2.35. The molecule has 0 radical (unpaired) electrons. The fourth-order valence-corrected chi connectivity index (χ4v) is 2.18. The fraction of sp³-hybridized carbons (Fsp3) is 0.500. The zero-order valence-corrected chi connectivity index (χ0v) is 11.2. The highest BCUT2D eigenvalue weighted by atomic mass is 19.1. The van der Waals surface area contributed by atoms with E-state index >= 15 is 0 Å². The van der Waals surface area contributed by atoms with E-state index in [1.165, 1.54) is 13.2 Å². The van der Waals surface area contributed by atoms with Gasteiger partial charge in [-0.05, 0) is 30.5 Å². The molecular weight excluding hydrogens is 249 g/mol. The van der Waals surface area contributed by atoms with Crippen molar-refractivity contribution in [1.29, 1.82) is 0 Å². The van der Waals surface area contributed by atoms with Crippen LogP contribution in [0.1, 0.15) is 18.4 Å². The molecule has 0 bridgehead atoms. The molecule has 1 aliphatic heterocycles. The van der Waals surface area contributed by atoms with E-state index in [2.05, 4.69) is 0 Å². The third-order valence-electron chi connectivity index (χ3n) is 3.22. The molecule has 4 nitrogen and oxygen atoms in total. The van der Waals surface area contributed by atoms with Gasteiger partial charge < -0.3 is 14.4 Å². The molecule has 0 saturated carbocycles. The highest BCUT2D eigenvalue weighted by Gasteiger charge is 2.26. The summed E-state index contributed by atoms with van der Waals surface area (Å²) < 4.78 is 23.8. The number of halogens is 1. The van der Waals surface area contributed by atoms with Crippen molar-refractivity contribution in [2.24, 2.45) is 0 Å². The number of methoxy groups -OCH3 is 1. The van der Waals surface area contributed by atoms with Crippen molar-refractivity contribution in [1.82, 2.24) is 4.90 Å². The molecule has 1 aromatic carbocycles. The van der Waals surface area contributed by atoms with Gasteiger partial charge in [0.2, 0.25) is 0 Å². The van der Waals surface area contributed by atoms with Gasteiger partial charge in [-0.15, -0.1) is 0 Å². The zero-order chi connectivity index (χ0) is 13.8. The minimum Gasteiger partial charge on any atom is -0.494 e. The average molecular weight is 267 g/mol. The topological polar surface area (TPSA) is 38.8 Å². The van der Waals surface area contributed by atoms with Crippen LogP contribution in [0.4, 0.5) is 4.39 Å². The minimum atomic E-state index is -0.419. The van der Waals surface area contributed by atoms with Crippen molar-refractivity contribution in [3.05, 3.63) is 29.6 Å². The van der Waals surface area contributed by atoms with Crippen LogP contribution >= 0.6 is 0 Å². The smallest absolute Gasteiger partial charge is 0.251 e. The van der Waals surface area contributed by atoms with Gasteiger partial charge in [0.05, 0.1) is 7.11 Å². The van der Waals surface area contributed by atoms with Gasteiger partial charge in [0.15, 0.2) is 11.6 Å². The molecule has 104 valence electrons. The summed E-state index contributed by atoms with van der Waals surface area (Å²) in [6.07, 6.45) is 1.34. The van der Waals surface area contributed by atoms with Crippen LogP contribution in [-0.4, -0.2) is 37.7 Å². The van der Waals surface area contributed by atoms with Crippen molar-refractivity contribution in [2.45, 2.75) is 25.5 Å². The third kappa shape index (κ3) is 3.23. The van der Waals surface area contributed by atoms with Crippen molar-refractivity contribution >= 4 is 5.91 Å². The summed E-state index contributed by atoms with van der Waals surface area (Å²) >= 11 is 0. The van der Waals surface area contributed by atoms with Crippen LogP contribution in [0.2, 0.25) is 0 Å². The van der Waals surface area contributed by atoms with Gasteiger partial charge in [-0.2, -0.15) is 0 Å². The SMILES string of the molecule is COc1ccc(CN(C)C(=O)C2CCCO2)cc1F. The van der Waals surface area contributed by atoms with Crippen molar-refractivity contribution in [2.75, 3.05) is 20.8 Å². The fourth-order valence-electron chi connectivity index (χ4n) is 2.18. The number of hydrogen-bond acceptors (Lipinski definition) is 3. The molecule has 0 aromatic heterocycles. The number of rotatable bonds is 4. The molecule has 19 heavy (non-hydrogen) atoms. The summed E-state index contributed by atoms with van der Waals surface area (Å²) in [6, 6.07) is 4.70. The van der Waals surface area contributed by atoms with E-state index in [9.17, 15) is 9.18 Å². The molecule has 5 heteroatoms. The normalized spacial score (nSPS) is 18.4. The van der Waals surface area contributed by atoms with Crippen LogP contribution in [0.15, 0.2) is 18.2 Å². The zero-order valence-electron chi connectivity index (χ0n) is 11.2. The number of carbonyl (C=O) groups is 1. The van der Waals surface area contributed by atoms with Gasteiger partial charge in [0, 0.05) is 20.2 Å². The quantitative estimate of drug-likeness (QED) is 0.837. The second kappa shape index (κ2) is 6.02. The summed E-state index contributed by atoms with van der Waals surface area (Å²) in [5.41, 5.74) is 0.729. The van der Waals surface area contributed by atoms with Gasteiger partial charge in [0.25, 0.3) is 5.91 Å². The Morgan fingerprint density at radius 1 is 1.58 bits per heavy atom. The number of benzene rings is 1. The number of carbonyl (C=O) groups excluding carboxylic acids is 1. The molecule has 1 amide bonds. The van der Waals surface area contributed by atoms with E-state index < -0.39 is 5.82 Å². The van der Waals surface area contributed by atoms with Gasteiger partial charge in [-0.3, -0.25) is 4.79 Å². The minimum absolute atomic E-state index is 0.0475. The molecule has 1 fully saturated rings. The van der Waals surface area contributed by atoms with Gasteiger partial charge in [0.1, 0.15) is 6.10 Å². The van der Waals surface area contributed by atoms with Crippen LogP contribution in [0.3, 0.4) is 0 Å². The Kier molecular flexibility index (Phi) is 4.37. The van der Waals surface area contributed by atoms with Crippen molar-refractivity contribution < 1.29 is 18.7 Å². The van der Waals surface area contributed by atoms with Gasteiger partial charge in [-0.1, -0.05) is 6.07 Å². The van der Waals surface area contributed by atoms with Gasteiger partial charge in [-0.25, -0.2) is 4.39 Å². The number of likely N-dealkylation sites (N-methyl/N-ethyl adjacent to an activating group) is 1. The Balaban J connectivity index is 1.99. The summed E-state index contributed by atoms with van der Waals surface area (Å²) in [6.45, 7) is 1.00. The predicted molar refractivity (Wildman–Crippen MR) is 68.4 cm³/mol. The monoisotopic (exact) mass is 267 g/mol. The maximum absolute atomic E-state index is 13.5. The first-order chi connectivity index (χ1) is 9.11. The average Bonchev–Trinajstić information content (AvgIpc) is 2.92. The lowest BCUT2D eigenvalue weighted by molar-refractivity contribution is -0.140. The molecule has 1 unspecified atom stereocenters. The molecule has 0 spiro atoms. The predicted octanol–water partition coefficient (Wildman–Crippen LogP) is 1.97. The molecule has 1 saturated heterocycles. The van der Waals surface area contributed by atoms with E-state index in [-0.39, 0.29) is 17.8 Å². The van der Waals surface area contributed by atoms with Crippen LogP contribution in [0.5, 0.6) is 5.75 Å². The molecule has 0 aliphatic carbocycles. The number of ether oxygens (including phenoxy) is 2. The Morgan fingerprint density at radius 2 is 2.37 bits per heavy atom. The standard InChI is InChI=1S/C14H18FNO3/c1-16(14(17)13-4-3-7-19-13)9-10-5-6-12(18-2)11(15)8-10/h5-6,8,13H,3-4,7,9H2,1-2H3. The lowest BCUT2D eigenvalue weighted by Gasteiger charge is -2.20. The van der Waals surface area contributed by atoms with Crippen LogP contribution in [0.25, 0.3) is 0 Å². The third-order valence-corrected chi connectivity index (χ3v) is 3.22. The Bertz CT molecular complexity index is 458. The van der Waals surface area contributed by atoms with E-state index in [1.807, 2.05) is 0 Å². The highest BCUT2D eigenvalue weighted by molar-refractivity contribution is 5.80. The number of hydrogen-bond donors (Lipinski definition) is 0. The molecule has 1 aliphatic rings. The summed E-state index contributed by atoms with van der Waals surface area (Å²) in [5, 5.41) is 0. The second-order valence-electron chi connectivity index (χ2n) is 4.66. The Labute approximate surface area is 112 Å². The van der Waals surface area contributed by atoms with E-state index in [0.29, 0.717) is 13.2 Å².